The van der Waals surface area contributed by atoms with Crippen LogP contribution >= 0.6 is 24.0 Å². The molecule has 154 valence electrons. The Labute approximate surface area is 182 Å². The van der Waals surface area contributed by atoms with E-state index in [0.29, 0.717) is 19.0 Å². The lowest BCUT2D eigenvalue weighted by Crippen LogP contribution is -2.42. The first-order chi connectivity index (χ1) is 13.2. The number of likely N-dealkylation sites (tertiary alicyclic amines) is 1. The number of benzene rings is 1. The summed E-state index contributed by atoms with van der Waals surface area (Å²) in [4.78, 5) is 6.69. The second-order valence-electron chi connectivity index (χ2n) is 6.55. The quantitative estimate of drug-likeness (QED) is 0.345. The summed E-state index contributed by atoms with van der Waals surface area (Å²) in [6, 6.07) is 9.03. The molecule has 1 saturated heterocycles. The Hall–Kier alpha value is -1.81. The monoisotopic (exact) mass is 502 g/mol. The van der Waals surface area contributed by atoms with Crippen LogP contribution in [-0.4, -0.2) is 44.7 Å². The van der Waals surface area contributed by atoms with Gasteiger partial charge in [0.25, 0.3) is 0 Å². The highest BCUT2D eigenvalue weighted by molar-refractivity contribution is 14.0. The SMILES string of the molecule is CN=C(NCc1ccc(OC)c(F)c1)NCC(c1ccco1)N1CCCC1.I. The lowest BCUT2D eigenvalue weighted by atomic mass is 10.2. The number of guanidine groups is 1. The lowest BCUT2D eigenvalue weighted by molar-refractivity contribution is 0.215. The molecule has 28 heavy (non-hydrogen) atoms. The number of hydrogen-bond donors (Lipinski definition) is 2. The van der Waals surface area contributed by atoms with E-state index in [9.17, 15) is 4.39 Å². The van der Waals surface area contributed by atoms with Crippen LogP contribution in [0.2, 0.25) is 0 Å². The van der Waals surface area contributed by atoms with Crippen molar-refractivity contribution in [3.8, 4) is 5.75 Å². The van der Waals surface area contributed by atoms with Gasteiger partial charge >= 0.3 is 0 Å². The van der Waals surface area contributed by atoms with Crippen LogP contribution in [0.5, 0.6) is 5.75 Å². The zero-order chi connectivity index (χ0) is 19.1. The number of nitrogens with zero attached hydrogens (tertiary/aromatic N) is 2. The van der Waals surface area contributed by atoms with Crippen LogP contribution in [0.15, 0.2) is 46.0 Å². The van der Waals surface area contributed by atoms with Crippen molar-refractivity contribution in [2.75, 3.05) is 33.8 Å². The first-order valence-corrected chi connectivity index (χ1v) is 9.25. The largest absolute Gasteiger partial charge is 0.494 e. The number of nitrogens with one attached hydrogen (secondary N) is 2. The topological polar surface area (TPSA) is 62.0 Å². The Kier molecular flexibility index (Phi) is 9.04. The van der Waals surface area contributed by atoms with Gasteiger partial charge in [0.05, 0.1) is 19.4 Å². The number of halogens is 2. The maximum absolute atomic E-state index is 13.8. The molecule has 0 spiro atoms. The summed E-state index contributed by atoms with van der Waals surface area (Å²) < 4.78 is 24.4. The minimum atomic E-state index is -0.369. The molecule has 8 heteroatoms. The normalized spacial score (nSPS) is 15.8. The minimum Gasteiger partial charge on any atom is -0.494 e. The highest BCUT2D eigenvalue weighted by Crippen LogP contribution is 2.24. The Bertz CT molecular complexity index is 749. The van der Waals surface area contributed by atoms with Crippen molar-refractivity contribution < 1.29 is 13.5 Å². The molecule has 0 saturated carbocycles. The van der Waals surface area contributed by atoms with E-state index in [1.165, 1.54) is 26.0 Å². The molecule has 2 N–H and O–H groups in total. The molecular formula is C20H28FIN4O2. The van der Waals surface area contributed by atoms with E-state index in [1.54, 1.807) is 19.4 Å². The van der Waals surface area contributed by atoms with E-state index in [-0.39, 0.29) is 41.6 Å². The van der Waals surface area contributed by atoms with Crippen LogP contribution in [0.3, 0.4) is 0 Å². The summed E-state index contributed by atoms with van der Waals surface area (Å²) >= 11 is 0. The van der Waals surface area contributed by atoms with Gasteiger partial charge in [0.1, 0.15) is 5.76 Å². The van der Waals surface area contributed by atoms with Crippen LogP contribution in [0, 0.1) is 5.82 Å². The fraction of sp³-hybridized carbons (Fsp3) is 0.450. The van der Waals surface area contributed by atoms with E-state index in [0.717, 1.165) is 24.4 Å². The molecular weight excluding hydrogens is 474 g/mol. The van der Waals surface area contributed by atoms with Crippen molar-refractivity contribution >= 4 is 29.9 Å². The van der Waals surface area contributed by atoms with Crippen LogP contribution in [0.25, 0.3) is 0 Å². The Morgan fingerprint density at radius 1 is 1.29 bits per heavy atom. The van der Waals surface area contributed by atoms with Gasteiger partial charge in [0.15, 0.2) is 17.5 Å². The second-order valence-corrected chi connectivity index (χ2v) is 6.55. The average molecular weight is 502 g/mol. The van der Waals surface area contributed by atoms with E-state index in [4.69, 9.17) is 9.15 Å². The molecule has 2 heterocycles. The third kappa shape index (κ3) is 5.84. The third-order valence-corrected chi connectivity index (χ3v) is 4.82. The molecule has 1 aromatic heterocycles. The third-order valence-electron chi connectivity index (χ3n) is 4.82. The molecule has 3 rings (SSSR count). The fourth-order valence-electron chi connectivity index (χ4n) is 3.36. The molecule has 1 unspecified atom stereocenters. The van der Waals surface area contributed by atoms with Crippen molar-refractivity contribution in [1.29, 1.82) is 0 Å². The van der Waals surface area contributed by atoms with Gasteiger partial charge in [-0.05, 0) is 55.8 Å². The standard InChI is InChI=1S/C20H27FN4O2.HI/c1-22-20(23-13-15-7-8-18(26-2)16(21)12-15)24-14-17(19-6-5-11-27-19)25-9-3-4-10-25;/h5-8,11-12,17H,3-4,9-10,13-14H2,1-2H3,(H2,22,23,24);1H. The van der Waals surface area contributed by atoms with Gasteiger partial charge in [-0.2, -0.15) is 0 Å². The minimum absolute atomic E-state index is 0. The molecule has 1 aromatic carbocycles. The predicted molar refractivity (Wildman–Crippen MR) is 119 cm³/mol. The molecule has 0 amide bonds. The van der Waals surface area contributed by atoms with Gasteiger partial charge in [0.2, 0.25) is 0 Å². The van der Waals surface area contributed by atoms with Crippen molar-refractivity contribution in [2.45, 2.75) is 25.4 Å². The summed E-state index contributed by atoms with van der Waals surface area (Å²) in [7, 11) is 3.18. The summed E-state index contributed by atoms with van der Waals surface area (Å²) in [6.45, 7) is 3.30. The van der Waals surface area contributed by atoms with Crippen molar-refractivity contribution in [1.82, 2.24) is 15.5 Å². The van der Waals surface area contributed by atoms with Gasteiger partial charge in [0, 0.05) is 20.1 Å². The summed E-state index contributed by atoms with van der Waals surface area (Å²) in [5.41, 5.74) is 0.818. The van der Waals surface area contributed by atoms with Crippen LogP contribution in [0.4, 0.5) is 4.39 Å². The lowest BCUT2D eigenvalue weighted by Gasteiger charge is -2.26. The molecule has 0 aliphatic carbocycles. The molecule has 0 radical (unpaired) electrons. The van der Waals surface area contributed by atoms with E-state index in [1.807, 2.05) is 18.2 Å². The van der Waals surface area contributed by atoms with Gasteiger partial charge in [-0.25, -0.2) is 4.39 Å². The van der Waals surface area contributed by atoms with Gasteiger partial charge in [-0.3, -0.25) is 9.89 Å². The molecule has 2 aromatic rings. The van der Waals surface area contributed by atoms with E-state index in [2.05, 4.69) is 20.5 Å². The van der Waals surface area contributed by atoms with Crippen LogP contribution in [-0.2, 0) is 6.54 Å². The first kappa shape index (κ1) is 22.5. The first-order valence-electron chi connectivity index (χ1n) is 9.25. The second kappa shape index (κ2) is 11.3. The van der Waals surface area contributed by atoms with Gasteiger partial charge < -0.3 is 19.8 Å². The fourth-order valence-corrected chi connectivity index (χ4v) is 3.36. The number of ether oxygens (including phenoxy) is 1. The molecule has 1 aliphatic heterocycles. The zero-order valence-electron chi connectivity index (χ0n) is 16.3. The Morgan fingerprint density at radius 3 is 2.68 bits per heavy atom. The molecule has 1 aliphatic rings. The Balaban J connectivity index is 0.00000280. The highest BCUT2D eigenvalue weighted by Gasteiger charge is 2.25. The summed E-state index contributed by atoms with van der Waals surface area (Å²) in [6.07, 6.45) is 4.14. The number of hydrogen-bond acceptors (Lipinski definition) is 4. The van der Waals surface area contributed by atoms with E-state index >= 15 is 0 Å². The van der Waals surface area contributed by atoms with E-state index < -0.39 is 0 Å². The van der Waals surface area contributed by atoms with Crippen LogP contribution in [0.1, 0.15) is 30.2 Å². The molecule has 1 atom stereocenters. The summed E-state index contributed by atoms with van der Waals surface area (Å²) in [5, 5.41) is 6.58. The van der Waals surface area contributed by atoms with Gasteiger partial charge in [-0.1, -0.05) is 6.07 Å². The summed E-state index contributed by atoms with van der Waals surface area (Å²) in [5.74, 6) is 1.50. The average Bonchev–Trinajstić information content (AvgIpc) is 3.39. The molecule has 1 fully saturated rings. The van der Waals surface area contributed by atoms with Crippen molar-refractivity contribution in [2.24, 2.45) is 4.99 Å². The number of furan rings is 1. The highest BCUT2D eigenvalue weighted by atomic mass is 127. The molecule has 0 bridgehead atoms. The maximum Gasteiger partial charge on any atom is 0.191 e. The number of aliphatic imine (C=N–C) groups is 1. The maximum atomic E-state index is 13.8. The van der Waals surface area contributed by atoms with Crippen molar-refractivity contribution in [3.05, 3.63) is 53.7 Å². The number of methoxy groups -OCH3 is 1. The zero-order valence-corrected chi connectivity index (χ0v) is 18.6. The van der Waals surface area contributed by atoms with Crippen molar-refractivity contribution in [3.63, 3.8) is 0 Å². The smallest absolute Gasteiger partial charge is 0.191 e. The Morgan fingerprint density at radius 2 is 2.07 bits per heavy atom. The molecule has 6 nitrogen and oxygen atoms in total. The number of rotatable bonds is 7. The predicted octanol–water partition coefficient (Wildman–Crippen LogP) is 3.55. The van der Waals surface area contributed by atoms with Gasteiger partial charge in [-0.15, -0.1) is 24.0 Å². The van der Waals surface area contributed by atoms with Crippen LogP contribution < -0.4 is 15.4 Å².